The molecule has 28 heavy (non-hydrogen) atoms. The van der Waals surface area contributed by atoms with Gasteiger partial charge in [-0.2, -0.15) is 5.10 Å². The molecule has 2 aromatic heterocycles. The first kappa shape index (κ1) is 17.2. The van der Waals surface area contributed by atoms with Gasteiger partial charge in [0, 0.05) is 12.5 Å². The van der Waals surface area contributed by atoms with E-state index in [0.29, 0.717) is 28.4 Å². The van der Waals surface area contributed by atoms with Crippen molar-refractivity contribution in [2.75, 3.05) is 0 Å². The van der Waals surface area contributed by atoms with Crippen LogP contribution in [0.4, 0.5) is 8.78 Å². The molecule has 4 aromatic rings. The van der Waals surface area contributed by atoms with Crippen molar-refractivity contribution in [2.45, 2.75) is 25.7 Å². The van der Waals surface area contributed by atoms with E-state index in [2.05, 4.69) is 10.1 Å². The Morgan fingerprint density at radius 1 is 1.11 bits per heavy atom. The van der Waals surface area contributed by atoms with Crippen LogP contribution < -0.4 is 0 Å². The van der Waals surface area contributed by atoms with E-state index < -0.39 is 11.6 Å². The summed E-state index contributed by atoms with van der Waals surface area (Å²) < 4.78 is 30.1. The number of fused-ring (bicyclic) bond motifs is 2. The van der Waals surface area contributed by atoms with Crippen LogP contribution in [0.25, 0.3) is 15.3 Å². The molecule has 0 fully saturated rings. The zero-order valence-electron chi connectivity index (χ0n) is 14.9. The molecule has 0 N–H and O–H groups in total. The van der Waals surface area contributed by atoms with Gasteiger partial charge in [0.05, 0.1) is 27.2 Å². The highest BCUT2D eigenvalue weighted by Crippen LogP contribution is 2.36. The van der Waals surface area contributed by atoms with Gasteiger partial charge in [-0.3, -0.25) is 4.79 Å². The second-order valence-electron chi connectivity index (χ2n) is 7.01. The Balaban J connectivity index is 1.62. The Kier molecular flexibility index (Phi) is 3.87. The third-order valence-electron chi connectivity index (χ3n) is 5.13. The zero-order valence-corrected chi connectivity index (χ0v) is 15.8. The van der Waals surface area contributed by atoms with Gasteiger partial charge in [0.25, 0.3) is 0 Å². The van der Waals surface area contributed by atoms with E-state index in [-0.39, 0.29) is 18.1 Å². The number of hydrogen-bond donors (Lipinski definition) is 0. The van der Waals surface area contributed by atoms with E-state index in [9.17, 15) is 13.6 Å². The van der Waals surface area contributed by atoms with Crippen molar-refractivity contribution in [1.29, 1.82) is 0 Å². The monoisotopic (exact) mass is 395 g/mol. The standard InChI is InChI=1S/C21H15F2N3OS/c1-11-20-17(26(25-11)21-24-16-4-2-3-5-19(16)28-21)8-13(9-18(20)27)12-6-14(22)10-15(23)7-12/h2-7,10,13H,8-9H2,1H3/t13-/m1/s1. The van der Waals surface area contributed by atoms with Crippen molar-refractivity contribution in [1.82, 2.24) is 14.8 Å². The summed E-state index contributed by atoms with van der Waals surface area (Å²) in [7, 11) is 0. The summed E-state index contributed by atoms with van der Waals surface area (Å²) in [5.74, 6) is -1.62. The van der Waals surface area contributed by atoms with Crippen LogP contribution in [0.2, 0.25) is 0 Å². The number of carbonyl (C=O) groups is 1. The van der Waals surface area contributed by atoms with Gasteiger partial charge in [-0.1, -0.05) is 23.5 Å². The van der Waals surface area contributed by atoms with E-state index in [1.165, 1.54) is 23.5 Å². The van der Waals surface area contributed by atoms with Gasteiger partial charge in [-0.15, -0.1) is 0 Å². The van der Waals surface area contributed by atoms with Gasteiger partial charge in [-0.05, 0) is 49.1 Å². The number of thiazole rings is 1. The highest BCUT2D eigenvalue weighted by atomic mass is 32.1. The lowest BCUT2D eigenvalue weighted by Gasteiger charge is -2.22. The van der Waals surface area contributed by atoms with Crippen LogP contribution in [0.3, 0.4) is 0 Å². The molecule has 7 heteroatoms. The smallest absolute Gasteiger partial charge is 0.211 e. The predicted octanol–water partition coefficient (Wildman–Crippen LogP) is 4.98. The molecule has 5 rings (SSSR count). The topological polar surface area (TPSA) is 47.8 Å². The molecule has 0 radical (unpaired) electrons. The molecule has 1 aliphatic carbocycles. The van der Waals surface area contributed by atoms with E-state index in [0.717, 1.165) is 22.0 Å². The fraction of sp³-hybridized carbons (Fsp3) is 0.190. The van der Waals surface area contributed by atoms with E-state index in [4.69, 9.17) is 0 Å². The molecule has 0 saturated heterocycles. The van der Waals surface area contributed by atoms with E-state index in [1.807, 2.05) is 31.2 Å². The van der Waals surface area contributed by atoms with Crippen LogP contribution in [-0.2, 0) is 6.42 Å². The minimum atomic E-state index is -0.635. The minimum absolute atomic E-state index is 0.0548. The molecular formula is C21H15F2N3OS. The molecule has 0 aliphatic heterocycles. The SMILES string of the molecule is Cc1nn(-c2nc3ccccc3s2)c2c1C(=O)C[C@H](c1cc(F)cc(F)c1)C2. The average Bonchev–Trinajstić information content (AvgIpc) is 3.22. The maximum Gasteiger partial charge on any atom is 0.211 e. The van der Waals surface area contributed by atoms with Crippen LogP contribution in [0, 0.1) is 18.6 Å². The quantitative estimate of drug-likeness (QED) is 0.481. The number of halogens is 2. The number of rotatable bonds is 2. The number of aryl methyl sites for hydroxylation is 1. The fourth-order valence-electron chi connectivity index (χ4n) is 3.91. The molecule has 2 heterocycles. The third kappa shape index (κ3) is 2.74. The van der Waals surface area contributed by atoms with Crippen LogP contribution >= 0.6 is 11.3 Å². The van der Waals surface area contributed by atoms with Gasteiger partial charge in [-0.25, -0.2) is 18.4 Å². The number of para-hydroxylation sites is 1. The molecule has 140 valence electrons. The Bertz CT molecular complexity index is 1190. The Labute approximate surface area is 163 Å². The van der Waals surface area contributed by atoms with Crippen molar-refractivity contribution in [3.63, 3.8) is 0 Å². The third-order valence-corrected chi connectivity index (χ3v) is 6.14. The highest BCUT2D eigenvalue weighted by molar-refractivity contribution is 7.20. The van der Waals surface area contributed by atoms with Gasteiger partial charge < -0.3 is 0 Å². The molecular weight excluding hydrogens is 380 g/mol. The van der Waals surface area contributed by atoms with Crippen LogP contribution in [-0.4, -0.2) is 20.5 Å². The number of aromatic nitrogens is 3. The lowest BCUT2D eigenvalue weighted by atomic mass is 9.81. The van der Waals surface area contributed by atoms with Crippen molar-refractivity contribution in [2.24, 2.45) is 0 Å². The summed E-state index contributed by atoms with van der Waals surface area (Å²) in [6.07, 6.45) is 0.684. The number of ketones is 1. The first-order valence-electron chi connectivity index (χ1n) is 8.93. The lowest BCUT2D eigenvalue weighted by molar-refractivity contribution is 0.0963. The molecule has 0 bridgehead atoms. The second-order valence-corrected chi connectivity index (χ2v) is 8.02. The number of carbonyl (C=O) groups excluding carboxylic acids is 1. The summed E-state index contributed by atoms with van der Waals surface area (Å²) >= 11 is 1.50. The van der Waals surface area contributed by atoms with Crippen molar-refractivity contribution >= 4 is 27.3 Å². The summed E-state index contributed by atoms with van der Waals surface area (Å²) in [4.78, 5) is 17.5. The lowest BCUT2D eigenvalue weighted by Crippen LogP contribution is -2.20. The summed E-state index contributed by atoms with van der Waals surface area (Å²) in [5.41, 5.74) is 3.37. The van der Waals surface area contributed by atoms with Crippen LogP contribution in [0.5, 0.6) is 0 Å². The average molecular weight is 395 g/mol. The Morgan fingerprint density at radius 3 is 2.61 bits per heavy atom. The van der Waals surface area contributed by atoms with Crippen molar-refractivity contribution in [3.05, 3.63) is 76.6 Å². The number of Topliss-reactive ketones (excluding diaryl/α,β-unsaturated/α-hetero) is 1. The molecule has 2 aromatic carbocycles. The maximum absolute atomic E-state index is 13.7. The molecule has 0 unspecified atom stereocenters. The van der Waals surface area contributed by atoms with Crippen LogP contribution in [0.1, 0.15) is 39.6 Å². The normalized spacial score (nSPS) is 16.5. The molecule has 1 atom stereocenters. The van der Waals surface area contributed by atoms with Crippen molar-refractivity contribution in [3.8, 4) is 5.13 Å². The van der Waals surface area contributed by atoms with E-state index >= 15 is 0 Å². The summed E-state index contributed by atoms with van der Waals surface area (Å²) in [6.45, 7) is 1.81. The second kappa shape index (κ2) is 6.31. The first-order valence-corrected chi connectivity index (χ1v) is 9.75. The first-order chi connectivity index (χ1) is 13.5. The maximum atomic E-state index is 13.7. The van der Waals surface area contributed by atoms with Crippen LogP contribution in [0.15, 0.2) is 42.5 Å². The number of nitrogens with zero attached hydrogens (tertiary/aromatic N) is 3. The van der Waals surface area contributed by atoms with Gasteiger partial charge >= 0.3 is 0 Å². The van der Waals surface area contributed by atoms with Crippen molar-refractivity contribution < 1.29 is 13.6 Å². The molecule has 0 spiro atoms. The minimum Gasteiger partial charge on any atom is -0.294 e. The Morgan fingerprint density at radius 2 is 1.86 bits per heavy atom. The highest BCUT2D eigenvalue weighted by Gasteiger charge is 2.33. The molecule has 4 nitrogen and oxygen atoms in total. The summed E-state index contributed by atoms with van der Waals surface area (Å²) in [5, 5.41) is 5.25. The molecule has 0 amide bonds. The zero-order chi connectivity index (χ0) is 19.4. The van der Waals surface area contributed by atoms with Gasteiger partial charge in [0.1, 0.15) is 11.6 Å². The fourth-order valence-corrected chi connectivity index (χ4v) is 4.86. The molecule has 1 aliphatic rings. The molecule has 0 saturated carbocycles. The van der Waals surface area contributed by atoms with E-state index in [1.54, 1.807) is 4.68 Å². The van der Waals surface area contributed by atoms with Gasteiger partial charge in [0.2, 0.25) is 5.13 Å². The predicted molar refractivity (Wildman–Crippen MR) is 103 cm³/mol. The Hall–Kier alpha value is -2.93. The largest absolute Gasteiger partial charge is 0.294 e. The van der Waals surface area contributed by atoms with Gasteiger partial charge in [0.15, 0.2) is 5.78 Å². The summed E-state index contributed by atoms with van der Waals surface area (Å²) in [6, 6.07) is 11.2. The number of benzene rings is 2. The number of hydrogen-bond acceptors (Lipinski definition) is 4.